The van der Waals surface area contributed by atoms with Gasteiger partial charge in [-0.2, -0.15) is 0 Å². The van der Waals surface area contributed by atoms with Crippen LogP contribution in [0.15, 0.2) is 0 Å². The Morgan fingerprint density at radius 3 is 2.81 bits per heavy atom. The van der Waals surface area contributed by atoms with Crippen molar-refractivity contribution in [3.63, 3.8) is 0 Å². The molecule has 0 bridgehead atoms. The van der Waals surface area contributed by atoms with Gasteiger partial charge in [-0.25, -0.2) is 13.1 Å². The molecule has 21 heavy (non-hydrogen) atoms. The number of ether oxygens (including phenoxy) is 1. The van der Waals surface area contributed by atoms with Gasteiger partial charge in [0.15, 0.2) is 0 Å². The fourth-order valence-electron chi connectivity index (χ4n) is 3.04. The Bertz CT molecular complexity index is 446. The Balaban J connectivity index is 1.73. The predicted molar refractivity (Wildman–Crippen MR) is 80.4 cm³/mol. The van der Waals surface area contributed by atoms with Crippen molar-refractivity contribution in [3.8, 4) is 0 Å². The normalized spacial score (nSPS) is 27.0. The third-order valence-corrected chi connectivity index (χ3v) is 4.90. The van der Waals surface area contributed by atoms with Crippen LogP contribution >= 0.6 is 0 Å². The second-order valence-corrected chi connectivity index (χ2v) is 7.98. The molecule has 7 heteroatoms. The van der Waals surface area contributed by atoms with Crippen molar-refractivity contribution >= 4 is 15.9 Å². The van der Waals surface area contributed by atoms with Crippen molar-refractivity contribution < 1.29 is 17.9 Å². The molecule has 122 valence electrons. The van der Waals surface area contributed by atoms with Crippen LogP contribution in [0.3, 0.4) is 0 Å². The molecule has 2 fully saturated rings. The van der Waals surface area contributed by atoms with E-state index in [0.717, 1.165) is 45.3 Å². The number of piperidine rings is 1. The van der Waals surface area contributed by atoms with Crippen LogP contribution in [0.5, 0.6) is 0 Å². The Kier molecular flexibility index (Phi) is 6.01. The molecule has 2 aliphatic rings. The average Bonchev–Trinajstić information content (AvgIpc) is 2.95. The predicted octanol–water partition coefficient (Wildman–Crippen LogP) is 0.733. The number of likely N-dealkylation sites (tertiary alicyclic amines) is 1. The van der Waals surface area contributed by atoms with Gasteiger partial charge in [0.25, 0.3) is 0 Å². The summed E-state index contributed by atoms with van der Waals surface area (Å²) in [5.74, 6) is 0.398. The number of carbonyl (C=O) groups is 1. The van der Waals surface area contributed by atoms with E-state index in [4.69, 9.17) is 4.74 Å². The first-order valence-electron chi connectivity index (χ1n) is 7.78. The van der Waals surface area contributed by atoms with Crippen LogP contribution in [0.1, 0.15) is 38.5 Å². The summed E-state index contributed by atoms with van der Waals surface area (Å²) in [6, 6.07) is 0. The van der Waals surface area contributed by atoms with Crippen molar-refractivity contribution in [2.75, 3.05) is 32.5 Å². The molecule has 1 amide bonds. The summed E-state index contributed by atoms with van der Waals surface area (Å²) >= 11 is 0. The molecule has 0 spiro atoms. The van der Waals surface area contributed by atoms with Crippen LogP contribution in [0, 0.1) is 5.92 Å². The zero-order chi connectivity index (χ0) is 15.3. The summed E-state index contributed by atoms with van der Waals surface area (Å²) in [5, 5.41) is 0. The Labute approximate surface area is 127 Å². The van der Waals surface area contributed by atoms with E-state index in [9.17, 15) is 13.2 Å². The molecule has 2 rings (SSSR count). The third-order valence-electron chi connectivity index (χ3n) is 4.21. The summed E-state index contributed by atoms with van der Waals surface area (Å²) in [5.41, 5.74) is 0. The first kappa shape index (κ1) is 16.7. The van der Waals surface area contributed by atoms with Crippen LogP contribution in [0.4, 0.5) is 0 Å². The van der Waals surface area contributed by atoms with Gasteiger partial charge in [-0.15, -0.1) is 0 Å². The Morgan fingerprint density at radius 2 is 2.14 bits per heavy atom. The van der Waals surface area contributed by atoms with Crippen molar-refractivity contribution in [2.45, 2.75) is 44.6 Å². The number of hydrogen-bond acceptors (Lipinski definition) is 4. The van der Waals surface area contributed by atoms with E-state index >= 15 is 0 Å². The topological polar surface area (TPSA) is 75.7 Å². The highest BCUT2D eigenvalue weighted by molar-refractivity contribution is 7.88. The zero-order valence-electron chi connectivity index (χ0n) is 12.7. The second-order valence-electron chi connectivity index (χ2n) is 6.14. The molecule has 0 saturated carbocycles. The maximum atomic E-state index is 12.2. The van der Waals surface area contributed by atoms with Crippen LogP contribution in [0.25, 0.3) is 0 Å². The van der Waals surface area contributed by atoms with E-state index in [1.54, 1.807) is 0 Å². The zero-order valence-corrected chi connectivity index (χ0v) is 13.5. The summed E-state index contributed by atoms with van der Waals surface area (Å²) in [7, 11) is -3.15. The van der Waals surface area contributed by atoms with Gasteiger partial charge in [0.1, 0.15) is 0 Å². The number of sulfonamides is 1. The maximum Gasteiger partial charge on any atom is 0.222 e. The summed E-state index contributed by atoms with van der Waals surface area (Å²) in [6.45, 7) is 2.70. The Morgan fingerprint density at radius 1 is 1.33 bits per heavy atom. The van der Waals surface area contributed by atoms with Gasteiger partial charge >= 0.3 is 0 Å². The lowest BCUT2D eigenvalue weighted by atomic mass is 9.98. The van der Waals surface area contributed by atoms with E-state index in [1.165, 1.54) is 6.26 Å². The van der Waals surface area contributed by atoms with E-state index in [2.05, 4.69) is 4.72 Å². The van der Waals surface area contributed by atoms with Gasteiger partial charge in [-0.05, 0) is 38.0 Å². The van der Waals surface area contributed by atoms with Crippen molar-refractivity contribution in [1.29, 1.82) is 0 Å². The number of nitrogens with zero attached hydrogens (tertiary/aromatic N) is 1. The monoisotopic (exact) mass is 318 g/mol. The van der Waals surface area contributed by atoms with Crippen LogP contribution < -0.4 is 4.72 Å². The number of hydrogen-bond donors (Lipinski definition) is 1. The van der Waals surface area contributed by atoms with Crippen molar-refractivity contribution in [2.24, 2.45) is 5.92 Å². The highest BCUT2D eigenvalue weighted by atomic mass is 32.2. The van der Waals surface area contributed by atoms with Gasteiger partial charge in [0, 0.05) is 32.7 Å². The number of rotatable bonds is 6. The van der Waals surface area contributed by atoms with Gasteiger partial charge < -0.3 is 9.64 Å². The quantitative estimate of drug-likeness (QED) is 0.783. The SMILES string of the molecule is CS(=O)(=O)NC[C@H]1CCCN(C(=O)CC[C@@H]2CCCO2)C1. The molecule has 2 atom stereocenters. The smallest absolute Gasteiger partial charge is 0.222 e. The molecule has 2 aliphatic heterocycles. The van der Waals surface area contributed by atoms with E-state index in [0.29, 0.717) is 19.5 Å². The molecule has 0 aliphatic carbocycles. The standard InChI is InChI=1S/C14H26N2O4S/c1-21(18,19)15-10-12-4-2-8-16(11-12)14(17)7-6-13-5-3-9-20-13/h12-13,15H,2-11H2,1H3/t12-,13+/m1/s1. The van der Waals surface area contributed by atoms with Gasteiger partial charge in [0.05, 0.1) is 12.4 Å². The van der Waals surface area contributed by atoms with Crippen LogP contribution in [0.2, 0.25) is 0 Å². The second kappa shape index (κ2) is 7.56. The summed E-state index contributed by atoms with van der Waals surface area (Å²) in [6.07, 6.45) is 6.84. The lowest BCUT2D eigenvalue weighted by Gasteiger charge is -2.33. The fourth-order valence-corrected chi connectivity index (χ4v) is 3.58. The molecule has 0 unspecified atom stereocenters. The van der Waals surface area contributed by atoms with E-state index < -0.39 is 10.0 Å². The fraction of sp³-hybridized carbons (Fsp3) is 0.929. The Hall–Kier alpha value is -0.660. The highest BCUT2D eigenvalue weighted by Crippen LogP contribution is 2.20. The van der Waals surface area contributed by atoms with Crippen molar-refractivity contribution in [1.82, 2.24) is 9.62 Å². The lowest BCUT2D eigenvalue weighted by molar-refractivity contribution is -0.133. The first-order valence-corrected chi connectivity index (χ1v) is 9.67. The lowest BCUT2D eigenvalue weighted by Crippen LogP contribution is -2.43. The average molecular weight is 318 g/mol. The summed E-state index contributed by atoms with van der Waals surface area (Å²) < 4.78 is 30.3. The van der Waals surface area contributed by atoms with Gasteiger partial charge in [-0.3, -0.25) is 4.79 Å². The highest BCUT2D eigenvalue weighted by Gasteiger charge is 2.25. The minimum Gasteiger partial charge on any atom is -0.378 e. The van der Waals surface area contributed by atoms with Crippen molar-refractivity contribution in [3.05, 3.63) is 0 Å². The first-order chi connectivity index (χ1) is 9.94. The minimum absolute atomic E-state index is 0.176. The molecule has 0 radical (unpaired) electrons. The molecule has 2 saturated heterocycles. The molecular formula is C14H26N2O4S. The van der Waals surface area contributed by atoms with E-state index in [1.807, 2.05) is 4.90 Å². The molecule has 6 nitrogen and oxygen atoms in total. The molecule has 0 aromatic rings. The molecule has 1 N–H and O–H groups in total. The van der Waals surface area contributed by atoms with Crippen LogP contribution in [-0.4, -0.2) is 57.8 Å². The van der Waals surface area contributed by atoms with Gasteiger partial charge in [-0.1, -0.05) is 0 Å². The number of carbonyl (C=O) groups excluding carboxylic acids is 1. The molecule has 2 heterocycles. The minimum atomic E-state index is -3.15. The largest absolute Gasteiger partial charge is 0.378 e. The number of nitrogens with one attached hydrogen (secondary N) is 1. The molecule has 0 aromatic carbocycles. The van der Waals surface area contributed by atoms with Crippen LogP contribution in [-0.2, 0) is 19.6 Å². The van der Waals surface area contributed by atoms with Gasteiger partial charge in [0.2, 0.25) is 15.9 Å². The molecular weight excluding hydrogens is 292 g/mol. The maximum absolute atomic E-state index is 12.2. The number of amides is 1. The molecule has 0 aromatic heterocycles. The summed E-state index contributed by atoms with van der Waals surface area (Å²) in [4.78, 5) is 14.1. The third kappa shape index (κ3) is 5.92. The van der Waals surface area contributed by atoms with E-state index in [-0.39, 0.29) is 17.9 Å².